The van der Waals surface area contributed by atoms with Gasteiger partial charge in [0, 0.05) is 20.0 Å². The maximum Gasteiger partial charge on any atom is 0.410 e. The molecule has 118 valence electrons. The summed E-state index contributed by atoms with van der Waals surface area (Å²) in [6.45, 7) is 1.83. The van der Waals surface area contributed by atoms with Gasteiger partial charge < -0.3 is 19.6 Å². The summed E-state index contributed by atoms with van der Waals surface area (Å²) in [6, 6.07) is 8.19. The number of hydrogen-bond donors (Lipinski definition) is 1. The molecule has 0 aromatic heterocycles. The van der Waals surface area contributed by atoms with Crippen LogP contribution in [0.3, 0.4) is 0 Å². The van der Waals surface area contributed by atoms with E-state index in [-0.39, 0.29) is 32.1 Å². The van der Waals surface area contributed by atoms with Gasteiger partial charge >= 0.3 is 12.1 Å². The van der Waals surface area contributed by atoms with Crippen LogP contribution in [0.2, 0.25) is 0 Å². The molecule has 22 heavy (non-hydrogen) atoms. The molecule has 1 heterocycles. The molecule has 0 saturated carbocycles. The van der Waals surface area contributed by atoms with Crippen molar-refractivity contribution < 1.29 is 24.2 Å². The number of benzene rings is 1. The van der Waals surface area contributed by atoms with Crippen molar-refractivity contribution in [1.29, 1.82) is 0 Å². The van der Waals surface area contributed by atoms with Crippen LogP contribution in [0.5, 0.6) is 0 Å². The average molecular weight is 306 g/mol. The van der Waals surface area contributed by atoms with Crippen LogP contribution in [0, 0.1) is 0 Å². The molecule has 1 N–H and O–H groups in total. The molecule has 7 heteroatoms. The molecule has 1 aromatic carbocycles. The zero-order valence-corrected chi connectivity index (χ0v) is 12.3. The Kier molecular flexibility index (Phi) is 4.98. The summed E-state index contributed by atoms with van der Waals surface area (Å²) in [4.78, 5) is 37.3. The largest absolute Gasteiger partial charge is 0.480 e. The second kappa shape index (κ2) is 6.93. The Morgan fingerprint density at radius 2 is 1.91 bits per heavy atom. The lowest BCUT2D eigenvalue weighted by molar-refractivity contribution is -0.152. The van der Waals surface area contributed by atoms with E-state index in [9.17, 15) is 19.5 Å². The summed E-state index contributed by atoms with van der Waals surface area (Å²) in [6.07, 6.45) is -0.571. The zero-order valence-electron chi connectivity index (χ0n) is 12.3. The predicted octanol–water partition coefficient (Wildman–Crippen LogP) is 0.941. The maximum absolute atomic E-state index is 12.0. The highest BCUT2D eigenvalue weighted by atomic mass is 16.6. The molecule has 0 radical (unpaired) electrons. The van der Waals surface area contributed by atoms with Crippen LogP contribution in [-0.4, -0.2) is 58.6 Å². The van der Waals surface area contributed by atoms with E-state index in [1.54, 1.807) is 0 Å². The first-order chi connectivity index (χ1) is 10.5. The van der Waals surface area contributed by atoms with Crippen LogP contribution in [0.15, 0.2) is 30.3 Å². The highest BCUT2D eigenvalue weighted by molar-refractivity contribution is 5.83. The number of carboxylic acid groups (broad SMARTS) is 1. The molecule has 1 saturated heterocycles. The lowest BCUT2D eigenvalue weighted by Gasteiger charge is -2.38. The SMILES string of the molecule is CC(=O)N1CCN(C(=O)OCc2ccccc2)CC1C(=O)O. The first-order valence-electron chi connectivity index (χ1n) is 6.94. The third-order valence-corrected chi connectivity index (χ3v) is 3.53. The van der Waals surface area contributed by atoms with E-state index in [4.69, 9.17) is 4.74 Å². The molecule has 1 unspecified atom stereocenters. The Bertz CT molecular complexity index is 560. The summed E-state index contributed by atoms with van der Waals surface area (Å²) < 4.78 is 5.18. The van der Waals surface area contributed by atoms with Crippen molar-refractivity contribution in [1.82, 2.24) is 9.80 Å². The Morgan fingerprint density at radius 1 is 1.23 bits per heavy atom. The van der Waals surface area contributed by atoms with Gasteiger partial charge in [0.25, 0.3) is 0 Å². The van der Waals surface area contributed by atoms with E-state index in [2.05, 4.69) is 0 Å². The molecule has 0 spiro atoms. The fraction of sp³-hybridized carbons (Fsp3) is 0.400. The highest BCUT2D eigenvalue weighted by Gasteiger charge is 2.36. The van der Waals surface area contributed by atoms with Gasteiger partial charge in [-0.3, -0.25) is 4.79 Å². The first kappa shape index (κ1) is 15.8. The van der Waals surface area contributed by atoms with E-state index in [1.807, 2.05) is 30.3 Å². The van der Waals surface area contributed by atoms with E-state index in [0.717, 1.165) is 5.56 Å². The number of carboxylic acids is 1. The van der Waals surface area contributed by atoms with Gasteiger partial charge in [0.15, 0.2) is 0 Å². The number of amides is 2. The monoisotopic (exact) mass is 306 g/mol. The number of carbonyl (C=O) groups excluding carboxylic acids is 2. The Hall–Kier alpha value is -2.57. The minimum absolute atomic E-state index is 0.0669. The quantitative estimate of drug-likeness (QED) is 0.898. The van der Waals surface area contributed by atoms with Gasteiger partial charge in [-0.05, 0) is 5.56 Å². The van der Waals surface area contributed by atoms with E-state index >= 15 is 0 Å². The van der Waals surface area contributed by atoms with Gasteiger partial charge in [-0.1, -0.05) is 30.3 Å². The van der Waals surface area contributed by atoms with Crippen LogP contribution >= 0.6 is 0 Å². The van der Waals surface area contributed by atoms with Crippen molar-refractivity contribution in [2.24, 2.45) is 0 Å². The van der Waals surface area contributed by atoms with Gasteiger partial charge in [0.1, 0.15) is 12.6 Å². The van der Waals surface area contributed by atoms with Gasteiger partial charge in [-0.15, -0.1) is 0 Å². The lowest BCUT2D eigenvalue weighted by Crippen LogP contribution is -2.59. The van der Waals surface area contributed by atoms with Crippen molar-refractivity contribution in [2.45, 2.75) is 19.6 Å². The van der Waals surface area contributed by atoms with Crippen molar-refractivity contribution in [3.63, 3.8) is 0 Å². The Balaban J connectivity index is 1.94. The molecular formula is C15H18N2O5. The number of carbonyl (C=O) groups is 3. The Morgan fingerprint density at radius 3 is 2.50 bits per heavy atom. The summed E-state index contributed by atoms with van der Waals surface area (Å²) >= 11 is 0. The number of aliphatic carboxylic acids is 1. The molecule has 1 atom stereocenters. The summed E-state index contributed by atoms with van der Waals surface area (Å²) in [5.74, 6) is -1.44. The van der Waals surface area contributed by atoms with E-state index in [1.165, 1.54) is 16.7 Å². The van der Waals surface area contributed by atoms with Crippen molar-refractivity contribution in [3.8, 4) is 0 Å². The summed E-state index contributed by atoms with van der Waals surface area (Å²) in [5, 5.41) is 9.19. The zero-order chi connectivity index (χ0) is 16.1. The van der Waals surface area contributed by atoms with Crippen LogP contribution in [0.1, 0.15) is 12.5 Å². The molecule has 1 fully saturated rings. The fourth-order valence-corrected chi connectivity index (χ4v) is 2.35. The number of piperazine rings is 1. The van der Waals surface area contributed by atoms with Gasteiger partial charge in [0.2, 0.25) is 5.91 Å². The molecule has 0 aliphatic carbocycles. The second-order valence-electron chi connectivity index (χ2n) is 5.05. The number of ether oxygens (including phenoxy) is 1. The second-order valence-corrected chi connectivity index (χ2v) is 5.05. The molecule has 1 aromatic rings. The minimum Gasteiger partial charge on any atom is -0.480 e. The normalized spacial score (nSPS) is 18.0. The lowest BCUT2D eigenvalue weighted by atomic mass is 10.1. The van der Waals surface area contributed by atoms with Crippen molar-refractivity contribution >= 4 is 18.0 Å². The Labute approximate surface area is 128 Å². The summed E-state index contributed by atoms with van der Waals surface area (Å²) in [5.41, 5.74) is 0.855. The fourth-order valence-electron chi connectivity index (χ4n) is 2.35. The molecule has 1 aliphatic rings. The van der Waals surface area contributed by atoms with Crippen LogP contribution in [-0.2, 0) is 20.9 Å². The third-order valence-electron chi connectivity index (χ3n) is 3.53. The average Bonchev–Trinajstić information content (AvgIpc) is 2.52. The van der Waals surface area contributed by atoms with E-state index in [0.29, 0.717) is 0 Å². The van der Waals surface area contributed by atoms with Gasteiger partial charge in [0.05, 0.1) is 6.54 Å². The highest BCUT2D eigenvalue weighted by Crippen LogP contribution is 2.12. The maximum atomic E-state index is 12.0. The smallest absolute Gasteiger partial charge is 0.410 e. The molecule has 7 nitrogen and oxygen atoms in total. The first-order valence-corrected chi connectivity index (χ1v) is 6.94. The molecule has 2 amide bonds. The predicted molar refractivity (Wildman–Crippen MR) is 77.0 cm³/mol. The number of hydrogen-bond acceptors (Lipinski definition) is 4. The topological polar surface area (TPSA) is 87.2 Å². The molecule has 0 bridgehead atoms. The van der Waals surface area contributed by atoms with Gasteiger partial charge in [-0.2, -0.15) is 0 Å². The summed E-state index contributed by atoms with van der Waals surface area (Å²) in [7, 11) is 0. The van der Waals surface area contributed by atoms with Crippen molar-refractivity contribution in [3.05, 3.63) is 35.9 Å². The number of rotatable bonds is 3. The van der Waals surface area contributed by atoms with Crippen LogP contribution < -0.4 is 0 Å². The third kappa shape index (κ3) is 3.75. The van der Waals surface area contributed by atoms with Crippen LogP contribution in [0.4, 0.5) is 4.79 Å². The number of nitrogens with zero attached hydrogens (tertiary/aromatic N) is 2. The molecule has 1 aliphatic heterocycles. The van der Waals surface area contributed by atoms with E-state index < -0.39 is 18.1 Å². The minimum atomic E-state index is -1.13. The molecular weight excluding hydrogens is 288 g/mol. The van der Waals surface area contributed by atoms with Crippen LogP contribution in [0.25, 0.3) is 0 Å². The van der Waals surface area contributed by atoms with Crippen molar-refractivity contribution in [2.75, 3.05) is 19.6 Å². The standard InChI is InChI=1S/C15H18N2O5/c1-11(18)17-8-7-16(9-13(17)14(19)20)15(21)22-10-12-5-3-2-4-6-12/h2-6,13H,7-10H2,1H3,(H,19,20). The van der Waals surface area contributed by atoms with Gasteiger partial charge in [-0.25, -0.2) is 9.59 Å². The molecule has 2 rings (SSSR count).